The normalized spacial score (nSPS) is 10.8. The summed E-state index contributed by atoms with van der Waals surface area (Å²) in [5, 5.41) is 0. The fourth-order valence-electron chi connectivity index (χ4n) is 1.08. The molecule has 0 fully saturated rings. The van der Waals surface area contributed by atoms with E-state index in [0.717, 1.165) is 0 Å². The Morgan fingerprint density at radius 1 is 1.18 bits per heavy atom. The Morgan fingerprint density at radius 3 is 2.24 bits per heavy atom. The van der Waals surface area contributed by atoms with Crippen LogP contribution in [-0.4, -0.2) is 29.6 Å². The van der Waals surface area contributed by atoms with Gasteiger partial charge in [0.2, 0.25) is 0 Å². The summed E-state index contributed by atoms with van der Waals surface area (Å²) in [6, 6.07) is 2.90. The number of aromatic nitrogens is 1. The Labute approximate surface area is 99.8 Å². The van der Waals surface area contributed by atoms with Crippen molar-refractivity contribution in [1.29, 1.82) is 0 Å². The minimum atomic E-state index is -0.557. The van der Waals surface area contributed by atoms with Gasteiger partial charge in [0.25, 0.3) is 0 Å². The highest BCUT2D eigenvalue weighted by molar-refractivity contribution is 5.91. The lowest BCUT2D eigenvalue weighted by Crippen LogP contribution is -2.24. The van der Waals surface area contributed by atoms with Crippen LogP contribution < -0.4 is 0 Å². The average molecular weight is 237 g/mol. The molecule has 1 heterocycles. The van der Waals surface area contributed by atoms with Crippen LogP contribution in [0.25, 0.3) is 0 Å². The van der Waals surface area contributed by atoms with E-state index in [1.54, 1.807) is 20.8 Å². The third kappa shape index (κ3) is 3.86. The molecule has 1 aromatic heterocycles. The predicted octanol–water partition coefficient (Wildman–Crippen LogP) is 1.82. The number of hydrogen-bond acceptors (Lipinski definition) is 5. The second-order valence-corrected chi connectivity index (χ2v) is 4.43. The van der Waals surface area contributed by atoms with Crippen molar-refractivity contribution in [2.24, 2.45) is 0 Å². The number of methoxy groups -OCH3 is 1. The fraction of sp³-hybridized carbons (Fsp3) is 0.417. The van der Waals surface area contributed by atoms with Crippen LogP contribution in [0.15, 0.2) is 18.3 Å². The highest BCUT2D eigenvalue weighted by Gasteiger charge is 2.18. The molecule has 0 aliphatic heterocycles. The predicted molar refractivity (Wildman–Crippen MR) is 60.7 cm³/mol. The quantitative estimate of drug-likeness (QED) is 0.734. The molecule has 1 rings (SSSR count). The van der Waals surface area contributed by atoms with Crippen molar-refractivity contribution in [3.05, 3.63) is 29.6 Å². The van der Waals surface area contributed by atoms with Crippen molar-refractivity contribution in [2.45, 2.75) is 26.4 Å². The Balaban J connectivity index is 2.81. The summed E-state index contributed by atoms with van der Waals surface area (Å²) in [6.07, 6.45) is 1.29. The van der Waals surface area contributed by atoms with Gasteiger partial charge in [-0.15, -0.1) is 0 Å². The standard InChI is InChI=1S/C12H15NO4/c1-12(2,3)17-10(14)8-5-6-9(13-7-8)11(15)16-4/h5-7H,1-4H3. The topological polar surface area (TPSA) is 65.5 Å². The maximum absolute atomic E-state index is 11.6. The summed E-state index contributed by atoms with van der Waals surface area (Å²) >= 11 is 0. The number of rotatable bonds is 2. The highest BCUT2D eigenvalue weighted by Crippen LogP contribution is 2.11. The van der Waals surface area contributed by atoms with E-state index in [1.165, 1.54) is 25.4 Å². The maximum atomic E-state index is 11.6. The largest absolute Gasteiger partial charge is 0.464 e. The second kappa shape index (κ2) is 4.95. The molecule has 5 heteroatoms. The zero-order valence-electron chi connectivity index (χ0n) is 10.3. The van der Waals surface area contributed by atoms with Crippen LogP contribution in [0, 0.1) is 0 Å². The summed E-state index contributed by atoms with van der Waals surface area (Å²) in [5.74, 6) is -1.01. The van der Waals surface area contributed by atoms with Gasteiger partial charge in [-0.05, 0) is 32.9 Å². The minimum Gasteiger partial charge on any atom is -0.464 e. The summed E-state index contributed by atoms with van der Waals surface area (Å²) in [7, 11) is 1.27. The lowest BCUT2D eigenvalue weighted by molar-refractivity contribution is 0.00685. The third-order valence-electron chi connectivity index (χ3n) is 1.79. The summed E-state index contributed by atoms with van der Waals surface area (Å²) < 4.78 is 9.65. The molecule has 0 atom stereocenters. The van der Waals surface area contributed by atoms with E-state index < -0.39 is 17.5 Å². The Bertz CT molecular complexity index is 417. The SMILES string of the molecule is COC(=O)c1ccc(C(=O)OC(C)(C)C)cn1. The number of hydrogen-bond donors (Lipinski definition) is 0. The molecule has 0 aliphatic rings. The smallest absolute Gasteiger partial charge is 0.356 e. The van der Waals surface area contributed by atoms with Gasteiger partial charge in [-0.2, -0.15) is 0 Å². The van der Waals surface area contributed by atoms with Crippen LogP contribution in [0.3, 0.4) is 0 Å². The first-order valence-electron chi connectivity index (χ1n) is 5.11. The molecular formula is C12H15NO4. The Kier molecular flexibility index (Phi) is 3.83. The summed E-state index contributed by atoms with van der Waals surface area (Å²) in [5.41, 5.74) is -0.106. The zero-order valence-corrected chi connectivity index (χ0v) is 10.3. The first-order valence-corrected chi connectivity index (χ1v) is 5.11. The molecular weight excluding hydrogens is 222 g/mol. The molecule has 0 bridgehead atoms. The van der Waals surface area contributed by atoms with Crippen LogP contribution in [-0.2, 0) is 9.47 Å². The van der Waals surface area contributed by atoms with Crippen LogP contribution in [0.2, 0.25) is 0 Å². The molecule has 5 nitrogen and oxygen atoms in total. The Morgan fingerprint density at radius 2 is 1.82 bits per heavy atom. The van der Waals surface area contributed by atoms with Crippen molar-refractivity contribution >= 4 is 11.9 Å². The van der Waals surface area contributed by atoms with E-state index in [2.05, 4.69) is 9.72 Å². The van der Waals surface area contributed by atoms with Gasteiger partial charge in [-0.1, -0.05) is 0 Å². The third-order valence-corrected chi connectivity index (χ3v) is 1.79. The number of carbonyl (C=O) groups is 2. The first kappa shape index (κ1) is 13.2. The van der Waals surface area contributed by atoms with Gasteiger partial charge in [-0.3, -0.25) is 0 Å². The second-order valence-electron chi connectivity index (χ2n) is 4.43. The van der Waals surface area contributed by atoms with E-state index >= 15 is 0 Å². The molecule has 0 N–H and O–H groups in total. The number of esters is 2. The number of nitrogens with zero attached hydrogens (tertiary/aromatic N) is 1. The van der Waals surface area contributed by atoms with Gasteiger partial charge >= 0.3 is 11.9 Å². The molecule has 0 aromatic carbocycles. The average Bonchev–Trinajstić information content (AvgIpc) is 2.26. The van der Waals surface area contributed by atoms with Gasteiger partial charge < -0.3 is 9.47 Å². The molecule has 0 saturated carbocycles. The van der Waals surface area contributed by atoms with Crippen LogP contribution in [0.4, 0.5) is 0 Å². The monoisotopic (exact) mass is 237 g/mol. The molecule has 0 radical (unpaired) electrons. The molecule has 0 saturated heterocycles. The van der Waals surface area contributed by atoms with Crippen molar-refractivity contribution in [2.75, 3.05) is 7.11 Å². The Hall–Kier alpha value is -1.91. The van der Waals surface area contributed by atoms with Crippen LogP contribution in [0.5, 0.6) is 0 Å². The van der Waals surface area contributed by atoms with Gasteiger partial charge in [0.15, 0.2) is 0 Å². The highest BCUT2D eigenvalue weighted by atomic mass is 16.6. The molecule has 0 aliphatic carbocycles. The van der Waals surface area contributed by atoms with Crippen molar-refractivity contribution in [3.63, 3.8) is 0 Å². The van der Waals surface area contributed by atoms with E-state index in [0.29, 0.717) is 5.56 Å². The minimum absolute atomic E-state index is 0.153. The number of pyridine rings is 1. The van der Waals surface area contributed by atoms with Gasteiger partial charge in [-0.25, -0.2) is 14.6 Å². The first-order chi connectivity index (χ1) is 7.83. The van der Waals surface area contributed by atoms with Crippen molar-refractivity contribution < 1.29 is 19.1 Å². The van der Waals surface area contributed by atoms with Gasteiger partial charge in [0.05, 0.1) is 12.7 Å². The molecule has 0 spiro atoms. The van der Waals surface area contributed by atoms with Gasteiger partial charge in [0, 0.05) is 6.20 Å². The van der Waals surface area contributed by atoms with Crippen LogP contribution in [0.1, 0.15) is 41.6 Å². The number of carbonyl (C=O) groups excluding carboxylic acids is 2. The zero-order chi connectivity index (χ0) is 13.1. The molecule has 92 valence electrons. The molecule has 17 heavy (non-hydrogen) atoms. The van der Waals surface area contributed by atoms with Crippen molar-refractivity contribution in [1.82, 2.24) is 4.98 Å². The lowest BCUT2D eigenvalue weighted by Gasteiger charge is -2.19. The van der Waals surface area contributed by atoms with E-state index in [-0.39, 0.29) is 5.69 Å². The van der Waals surface area contributed by atoms with E-state index in [9.17, 15) is 9.59 Å². The molecule has 0 amide bonds. The van der Waals surface area contributed by atoms with E-state index in [4.69, 9.17) is 4.74 Å². The molecule has 0 unspecified atom stereocenters. The van der Waals surface area contributed by atoms with Crippen molar-refractivity contribution in [3.8, 4) is 0 Å². The van der Waals surface area contributed by atoms with E-state index in [1.807, 2.05) is 0 Å². The fourth-order valence-corrected chi connectivity index (χ4v) is 1.08. The van der Waals surface area contributed by atoms with Crippen LogP contribution >= 0.6 is 0 Å². The number of ether oxygens (including phenoxy) is 2. The molecule has 1 aromatic rings. The lowest BCUT2D eigenvalue weighted by atomic mass is 10.2. The maximum Gasteiger partial charge on any atom is 0.356 e. The van der Waals surface area contributed by atoms with Gasteiger partial charge in [0.1, 0.15) is 11.3 Å². The summed E-state index contributed by atoms with van der Waals surface area (Å²) in [6.45, 7) is 5.34. The summed E-state index contributed by atoms with van der Waals surface area (Å²) in [4.78, 5) is 26.6.